The van der Waals surface area contributed by atoms with E-state index in [9.17, 15) is 0 Å². The molecule has 0 aliphatic rings. The van der Waals surface area contributed by atoms with Crippen LogP contribution in [0.2, 0.25) is 0 Å². The van der Waals surface area contributed by atoms with Gasteiger partial charge in [0.25, 0.3) is 0 Å². The normalized spacial score (nSPS) is 11.0. The van der Waals surface area contributed by atoms with Gasteiger partial charge in [0.15, 0.2) is 5.69 Å². The maximum absolute atomic E-state index is 8.69. The van der Waals surface area contributed by atoms with Crippen molar-refractivity contribution in [3.8, 4) is 6.07 Å². The molecular formula is C15H15BrN4S. The van der Waals surface area contributed by atoms with Crippen molar-refractivity contribution >= 4 is 33.5 Å². The van der Waals surface area contributed by atoms with Crippen molar-refractivity contribution < 1.29 is 0 Å². The summed E-state index contributed by atoms with van der Waals surface area (Å²) in [7, 11) is 0. The minimum atomic E-state index is 0.00338. The molecule has 0 spiro atoms. The number of nitrogens with zero attached hydrogens (tertiary/aromatic N) is 3. The summed E-state index contributed by atoms with van der Waals surface area (Å²) in [5.41, 5.74) is 0.323. The summed E-state index contributed by atoms with van der Waals surface area (Å²) in [6, 6.07) is 10.2. The molecule has 0 atom stereocenters. The van der Waals surface area contributed by atoms with E-state index in [-0.39, 0.29) is 4.75 Å². The summed E-state index contributed by atoms with van der Waals surface area (Å²) in [4.78, 5) is 9.37. The number of thioether (sulfide) groups is 1. The number of hydrogen-bond donors (Lipinski definition) is 1. The first kappa shape index (κ1) is 15.8. The van der Waals surface area contributed by atoms with Crippen molar-refractivity contribution in [2.24, 2.45) is 0 Å². The SMILES string of the molecule is CC(C)(CNc1cnc(C#N)cn1)Sc1ccc(Br)cc1. The molecule has 1 aromatic carbocycles. The Morgan fingerprint density at radius 1 is 1.24 bits per heavy atom. The average molecular weight is 363 g/mol. The molecule has 1 N–H and O–H groups in total. The van der Waals surface area contributed by atoms with Crippen molar-refractivity contribution in [1.29, 1.82) is 5.26 Å². The van der Waals surface area contributed by atoms with Gasteiger partial charge in [-0.1, -0.05) is 15.9 Å². The summed E-state index contributed by atoms with van der Waals surface area (Å²) in [6.45, 7) is 5.09. The molecule has 108 valence electrons. The number of hydrogen-bond acceptors (Lipinski definition) is 5. The molecule has 4 nitrogen and oxygen atoms in total. The maximum atomic E-state index is 8.69. The lowest BCUT2D eigenvalue weighted by Gasteiger charge is -2.24. The molecule has 0 aliphatic heterocycles. The smallest absolute Gasteiger partial charge is 0.158 e. The molecule has 0 saturated heterocycles. The van der Waals surface area contributed by atoms with E-state index in [0.717, 1.165) is 11.0 Å². The van der Waals surface area contributed by atoms with Gasteiger partial charge in [0.2, 0.25) is 0 Å². The van der Waals surface area contributed by atoms with Gasteiger partial charge in [-0.2, -0.15) is 5.26 Å². The Labute approximate surface area is 137 Å². The Morgan fingerprint density at radius 3 is 2.52 bits per heavy atom. The van der Waals surface area contributed by atoms with Crippen LogP contribution in [0.25, 0.3) is 0 Å². The molecule has 6 heteroatoms. The van der Waals surface area contributed by atoms with Crippen LogP contribution in [-0.2, 0) is 0 Å². The summed E-state index contributed by atoms with van der Waals surface area (Å²) >= 11 is 5.24. The molecule has 0 saturated carbocycles. The maximum Gasteiger partial charge on any atom is 0.158 e. The number of halogens is 1. The molecule has 0 aliphatic carbocycles. The van der Waals surface area contributed by atoms with Gasteiger partial charge in [0.05, 0.1) is 12.4 Å². The van der Waals surface area contributed by atoms with E-state index in [1.807, 2.05) is 18.2 Å². The number of anilines is 1. The number of aromatic nitrogens is 2. The fraction of sp³-hybridized carbons (Fsp3) is 0.267. The van der Waals surface area contributed by atoms with Crippen molar-refractivity contribution in [3.05, 3.63) is 46.8 Å². The number of rotatable bonds is 5. The third kappa shape index (κ3) is 5.03. The molecule has 2 rings (SSSR count). The van der Waals surface area contributed by atoms with Crippen molar-refractivity contribution in [2.45, 2.75) is 23.5 Å². The second-order valence-corrected chi connectivity index (χ2v) is 7.76. The molecule has 1 heterocycles. The van der Waals surface area contributed by atoms with Crippen molar-refractivity contribution in [2.75, 3.05) is 11.9 Å². The summed E-state index contributed by atoms with van der Waals surface area (Å²) in [5.74, 6) is 0.679. The van der Waals surface area contributed by atoms with Crippen LogP contribution in [0.4, 0.5) is 5.82 Å². The number of benzene rings is 1. The summed E-state index contributed by atoms with van der Waals surface area (Å²) in [5, 5.41) is 11.9. The van der Waals surface area contributed by atoms with Crippen LogP contribution in [0.3, 0.4) is 0 Å². The predicted molar refractivity (Wildman–Crippen MR) is 89.3 cm³/mol. The van der Waals surface area contributed by atoms with Crippen LogP contribution in [0.1, 0.15) is 19.5 Å². The molecule has 0 bridgehead atoms. The van der Waals surface area contributed by atoms with E-state index in [2.05, 4.69) is 57.2 Å². The second-order valence-electron chi connectivity index (χ2n) is 5.07. The van der Waals surface area contributed by atoms with Crippen LogP contribution in [0.5, 0.6) is 0 Å². The lowest BCUT2D eigenvalue weighted by Crippen LogP contribution is -2.26. The van der Waals surface area contributed by atoms with E-state index in [4.69, 9.17) is 5.26 Å². The minimum absolute atomic E-state index is 0.00338. The number of nitriles is 1. The molecule has 0 fully saturated rings. The first-order chi connectivity index (χ1) is 9.98. The van der Waals surface area contributed by atoms with Crippen LogP contribution >= 0.6 is 27.7 Å². The summed E-state index contributed by atoms with van der Waals surface area (Å²) in [6.07, 6.45) is 3.05. The molecular weight excluding hydrogens is 348 g/mol. The molecule has 2 aromatic rings. The Hall–Kier alpha value is -1.58. The van der Waals surface area contributed by atoms with E-state index in [1.165, 1.54) is 11.1 Å². The van der Waals surface area contributed by atoms with Crippen LogP contribution in [-0.4, -0.2) is 21.3 Å². The van der Waals surface area contributed by atoms with Crippen molar-refractivity contribution in [1.82, 2.24) is 9.97 Å². The van der Waals surface area contributed by atoms with Gasteiger partial charge in [-0.05, 0) is 38.1 Å². The topological polar surface area (TPSA) is 61.6 Å². The monoisotopic (exact) mass is 362 g/mol. The third-order valence-electron chi connectivity index (χ3n) is 2.67. The predicted octanol–water partition coefficient (Wildman–Crippen LogP) is 4.09. The van der Waals surface area contributed by atoms with E-state index < -0.39 is 0 Å². The average Bonchev–Trinajstić information content (AvgIpc) is 2.48. The zero-order chi connectivity index (χ0) is 15.3. The highest BCUT2D eigenvalue weighted by Crippen LogP contribution is 2.33. The molecule has 0 unspecified atom stereocenters. The van der Waals surface area contributed by atoms with E-state index in [0.29, 0.717) is 11.5 Å². The standard InChI is InChI=1S/C15H15BrN4S/c1-15(2,21-13-5-3-11(16)4-6-13)10-20-14-9-18-12(7-17)8-19-14/h3-6,8-9H,10H2,1-2H3,(H,19,20). The van der Waals surface area contributed by atoms with Gasteiger partial charge >= 0.3 is 0 Å². The highest BCUT2D eigenvalue weighted by Gasteiger charge is 2.19. The number of nitrogens with one attached hydrogen (secondary N) is 1. The minimum Gasteiger partial charge on any atom is -0.367 e. The lowest BCUT2D eigenvalue weighted by atomic mass is 10.2. The van der Waals surface area contributed by atoms with E-state index >= 15 is 0 Å². The Balaban J connectivity index is 1.93. The Kier molecular flexibility index (Phi) is 5.21. The third-order valence-corrected chi connectivity index (χ3v) is 4.40. The Bertz CT molecular complexity index is 632. The van der Waals surface area contributed by atoms with Gasteiger partial charge < -0.3 is 5.32 Å². The quantitative estimate of drug-likeness (QED) is 0.811. The molecule has 0 radical (unpaired) electrons. The lowest BCUT2D eigenvalue weighted by molar-refractivity contribution is 0.747. The highest BCUT2D eigenvalue weighted by molar-refractivity contribution is 9.10. The van der Waals surface area contributed by atoms with Crippen molar-refractivity contribution in [3.63, 3.8) is 0 Å². The van der Waals surface area contributed by atoms with E-state index in [1.54, 1.807) is 18.0 Å². The summed E-state index contributed by atoms with van der Waals surface area (Å²) < 4.78 is 1.08. The van der Waals surface area contributed by atoms with Crippen LogP contribution < -0.4 is 5.32 Å². The first-order valence-corrected chi connectivity index (χ1v) is 8.00. The molecule has 1 aromatic heterocycles. The Morgan fingerprint density at radius 2 is 1.95 bits per heavy atom. The fourth-order valence-electron chi connectivity index (χ4n) is 1.64. The van der Waals surface area contributed by atoms with Crippen LogP contribution in [0, 0.1) is 11.3 Å². The molecule has 0 amide bonds. The first-order valence-electron chi connectivity index (χ1n) is 6.39. The van der Waals surface area contributed by atoms with Crippen LogP contribution in [0.15, 0.2) is 46.0 Å². The zero-order valence-corrected chi connectivity index (χ0v) is 14.2. The largest absolute Gasteiger partial charge is 0.367 e. The second kappa shape index (κ2) is 6.92. The van der Waals surface area contributed by atoms with Gasteiger partial charge in [0.1, 0.15) is 11.9 Å². The zero-order valence-electron chi connectivity index (χ0n) is 11.8. The van der Waals surface area contributed by atoms with Gasteiger partial charge in [-0.25, -0.2) is 9.97 Å². The highest BCUT2D eigenvalue weighted by atomic mass is 79.9. The molecule has 21 heavy (non-hydrogen) atoms. The van der Waals surface area contributed by atoms with Gasteiger partial charge in [-0.3, -0.25) is 0 Å². The van der Waals surface area contributed by atoms with Gasteiger partial charge in [0, 0.05) is 20.7 Å². The van der Waals surface area contributed by atoms with Gasteiger partial charge in [-0.15, -0.1) is 11.8 Å². The fourth-order valence-corrected chi connectivity index (χ4v) is 2.96.